The molecule has 1 rings (SSSR count). The Hall–Kier alpha value is -2.18. The minimum atomic E-state index is -0.676. The first-order valence-corrected chi connectivity index (χ1v) is 12.1. The fourth-order valence-electron chi connectivity index (χ4n) is 4.40. The zero-order chi connectivity index (χ0) is 26.3. The normalized spacial score (nSPS) is 15.6. The van der Waals surface area contributed by atoms with Crippen LogP contribution in [0.5, 0.6) is 0 Å². The summed E-state index contributed by atoms with van der Waals surface area (Å²) in [5.74, 6) is -0.0854. The minimum absolute atomic E-state index is 0.103. The lowest BCUT2D eigenvalue weighted by atomic mass is 9.76. The Balaban J connectivity index is 3.25. The van der Waals surface area contributed by atoms with Crippen LogP contribution in [0.1, 0.15) is 61.0 Å². The van der Waals surface area contributed by atoms with Crippen molar-refractivity contribution >= 4 is 11.8 Å². The van der Waals surface area contributed by atoms with E-state index in [-0.39, 0.29) is 23.8 Å². The van der Waals surface area contributed by atoms with Gasteiger partial charge in [-0.2, -0.15) is 0 Å². The van der Waals surface area contributed by atoms with Gasteiger partial charge in [-0.1, -0.05) is 84.9 Å². The predicted molar refractivity (Wildman–Crippen MR) is 141 cm³/mol. The van der Waals surface area contributed by atoms with E-state index in [9.17, 15) is 9.59 Å². The second kappa shape index (κ2) is 12.5. The van der Waals surface area contributed by atoms with E-state index in [1.807, 2.05) is 78.9 Å². The van der Waals surface area contributed by atoms with Crippen LogP contribution in [0.2, 0.25) is 0 Å². The molecule has 0 saturated carbocycles. The number of nitrogens with one attached hydrogen (secondary N) is 2. The van der Waals surface area contributed by atoms with Gasteiger partial charge >= 0.3 is 0 Å². The first-order valence-electron chi connectivity index (χ1n) is 12.1. The third-order valence-electron chi connectivity index (χ3n) is 6.50. The standard InChI is InChI=1S/C28H47N3O3/c1-19(2)22(17-20(3)18-34-11)31(10)26(33)24(27(4,5)6)30-25(32)23(29-9)28(7,8)21-15-13-12-14-16-21/h12-17,19,22-24,29H,18H2,1-11H3,(H,30,32)/b20-17+/t22-,23?,24?/m1/s1. The maximum atomic E-state index is 13.8. The van der Waals surface area contributed by atoms with E-state index in [0.717, 1.165) is 11.1 Å². The summed E-state index contributed by atoms with van der Waals surface area (Å²) in [6.07, 6.45) is 2.09. The van der Waals surface area contributed by atoms with Crippen molar-refractivity contribution in [2.45, 2.75) is 78.9 Å². The highest BCUT2D eigenvalue weighted by atomic mass is 16.5. The molecular formula is C28H47N3O3. The van der Waals surface area contributed by atoms with Crippen LogP contribution in [-0.4, -0.2) is 62.7 Å². The summed E-state index contributed by atoms with van der Waals surface area (Å²) < 4.78 is 5.25. The molecule has 0 radical (unpaired) electrons. The van der Waals surface area contributed by atoms with E-state index in [1.54, 1.807) is 19.1 Å². The van der Waals surface area contributed by atoms with E-state index in [1.165, 1.54) is 0 Å². The second-order valence-corrected chi connectivity index (χ2v) is 11.2. The van der Waals surface area contributed by atoms with E-state index in [4.69, 9.17) is 4.74 Å². The van der Waals surface area contributed by atoms with Gasteiger partial charge in [0.25, 0.3) is 0 Å². The summed E-state index contributed by atoms with van der Waals surface area (Å²) in [5.41, 5.74) is 1.18. The Morgan fingerprint density at radius 3 is 2.06 bits per heavy atom. The Bertz CT molecular complexity index is 825. The lowest BCUT2D eigenvalue weighted by Crippen LogP contribution is -2.61. The number of amides is 2. The van der Waals surface area contributed by atoms with Gasteiger partial charge in [-0.15, -0.1) is 0 Å². The number of carbonyl (C=O) groups excluding carboxylic acids is 2. The zero-order valence-corrected chi connectivity index (χ0v) is 23.2. The molecule has 0 aliphatic rings. The van der Waals surface area contributed by atoms with E-state index in [2.05, 4.69) is 30.6 Å². The molecule has 1 aromatic rings. The van der Waals surface area contributed by atoms with Gasteiger partial charge < -0.3 is 20.3 Å². The molecule has 6 nitrogen and oxygen atoms in total. The van der Waals surface area contributed by atoms with Crippen molar-refractivity contribution in [2.24, 2.45) is 11.3 Å². The molecule has 0 aliphatic carbocycles. The molecule has 0 bridgehead atoms. The molecule has 3 atom stereocenters. The number of hydrogen-bond donors (Lipinski definition) is 2. The van der Waals surface area contributed by atoms with Crippen LogP contribution >= 0.6 is 0 Å². The van der Waals surface area contributed by atoms with Crippen molar-refractivity contribution in [1.29, 1.82) is 0 Å². The third-order valence-corrected chi connectivity index (χ3v) is 6.50. The number of benzene rings is 1. The molecule has 192 valence electrons. The number of likely N-dealkylation sites (N-methyl/N-ethyl adjacent to an activating group) is 2. The molecule has 2 unspecified atom stereocenters. The molecule has 0 aromatic heterocycles. The fraction of sp³-hybridized carbons (Fsp3) is 0.643. The van der Waals surface area contributed by atoms with Gasteiger partial charge in [0.2, 0.25) is 11.8 Å². The Kier molecular flexibility index (Phi) is 11.0. The van der Waals surface area contributed by atoms with Crippen LogP contribution in [0.15, 0.2) is 42.0 Å². The highest BCUT2D eigenvalue weighted by Crippen LogP contribution is 2.29. The SMILES string of the molecule is CNC(C(=O)NC(C(=O)N(C)[C@H](/C=C(\C)COC)C(C)C)C(C)(C)C)C(C)(C)c1ccccc1. The number of carbonyl (C=O) groups is 2. The van der Waals surface area contributed by atoms with E-state index < -0.39 is 22.9 Å². The van der Waals surface area contributed by atoms with Crippen molar-refractivity contribution in [1.82, 2.24) is 15.5 Å². The zero-order valence-electron chi connectivity index (χ0n) is 23.2. The van der Waals surface area contributed by atoms with Crippen molar-refractivity contribution in [2.75, 3.05) is 27.8 Å². The molecule has 0 saturated heterocycles. The number of methoxy groups -OCH3 is 1. The van der Waals surface area contributed by atoms with Gasteiger partial charge in [-0.25, -0.2) is 0 Å². The maximum absolute atomic E-state index is 13.8. The average Bonchev–Trinajstić information content (AvgIpc) is 2.75. The number of nitrogens with zero attached hydrogens (tertiary/aromatic N) is 1. The molecule has 0 heterocycles. The molecule has 6 heteroatoms. The van der Waals surface area contributed by atoms with Crippen LogP contribution in [0.25, 0.3) is 0 Å². The summed E-state index contributed by atoms with van der Waals surface area (Å²) in [4.78, 5) is 29.1. The lowest BCUT2D eigenvalue weighted by molar-refractivity contribution is -0.140. The molecule has 0 spiro atoms. The molecule has 1 aromatic carbocycles. The summed E-state index contributed by atoms with van der Waals surface area (Å²) in [6, 6.07) is 8.68. The highest BCUT2D eigenvalue weighted by Gasteiger charge is 2.41. The molecule has 2 amide bonds. The predicted octanol–water partition coefficient (Wildman–Crippen LogP) is 4.16. The topological polar surface area (TPSA) is 70.7 Å². The number of rotatable bonds is 11. The molecular weight excluding hydrogens is 426 g/mol. The van der Waals surface area contributed by atoms with Crippen molar-refractivity contribution in [3.8, 4) is 0 Å². The molecule has 0 fully saturated rings. The summed E-state index contributed by atoms with van der Waals surface area (Å²) in [6.45, 7) is 16.7. The van der Waals surface area contributed by atoms with Gasteiger partial charge in [0, 0.05) is 19.6 Å². The Morgan fingerprint density at radius 1 is 1.06 bits per heavy atom. The summed E-state index contributed by atoms with van der Waals surface area (Å²) >= 11 is 0. The number of ether oxygens (including phenoxy) is 1. The van der Waals surface area contributed by atoms with E-state index >= 15 is 0 Å². The fourth-order valence-corrected chi connectivity index (χ4v) is 4.40. The van der Waals surface area contributed by atoms with Crippen molar-refractivity contribution in [3.63, 3.8) is 0 Å². The van der Waals surface area contributed by atoms with Crippen LogP contribution in [0.4, 0.5) is 0 Å². The van der Waals surface area contributed by atoms with Crippen LogP contribution in [0.3, 0.4) is 0 Å². The van der Waals surface area contributed by atoms with Crippen LogP contribution in [-0.2, 0) is 19.7 Å². The lowest BCUT2D eigenvalue weighted by Gasteiger charge is -2.40. The third kappa shape index (κ3) is 7.67. The van der Waals surface area contributed by atoms with Crippen LogP contribution in [0, 0.1) is 11.3 Å². The monoisotopic (exact) mass is 473 g/mol. The second-order valence-electron chi connectivity index (χ2n) is 11.2. The quantitative estimate of drug-likeness (QED) is 0.474. The molecule has 2 N–H and O–H groups in total. The first-order chi connectivity index (χ1) is 15.7. The molecule has 0 aliphatic heterocycles. The summed E-state index contributed by atoms with van der Waals surface area (Å²) in [7, 11) is 5.27. The van der Waals surface area contributed by atoms with Gasteiger partial charge in [0.1, 0.15) is 6.04 Å². The van der Waals surface area contributed by atoms with Gasteiger partial charge in [0.15, 0.2) is 0 Å². The van der Waals surface area contributed by atoms with Crippen molar-refractivity contribution in [3.05, 3.63) is 47.5 Å². The Morgan fingerprint density at radius 2 is 1.62 bits per heavy atom. The maximum Gasteiger partial charge on any atom is 0.245 e. The average molecular weight is 474 g/mol. The van der Waals surface area contributed by atoms with Crippen LogP contribution < -0.4 is 10.6 Å². The minimum Gasteiger partial charge on any atom is -0.380 e. The summed E-state index contributed by atoms with van der Waals surface area (Å²) in [5, 5.41) is 6.29. The smallest absolute Gasteiger partial charge is 0.245 e. The van der Waals surface area contributed by atoms with E-state index in [0.29, 0.717) is 6.61 Å². The van der Waals surface area contributed by atoms with Gasteiger partial charge in [-0.05, 0) is 36.4 Å². The highest BCUT2D eigenvalue weighted by molar-refractivity contribution is 5.91. The first kappa shape index (κ1) is 29.9. The Labute approximate surface area is 207 Å². The molecule has 34 heavy (non-hydrogen) atoms. The number of hydrogen-bond acceptors (Lipinski definition) is 4. The largest absolute Gasteiger partial charge is 0.380 e. The van der Waals surface area contributed by atoms with Crippen molar-refractivity contribution < 1.29 is 14.3 Å². The van der Waals surface area contributed by atoms with Gasteiger partial charge in [0.05, 0.1) is 18.7 Å². The van der Waals surface area contributed by atoms with Gasteiger partial charge in [-0.3, -0.25) is 9.59 Å².